The lowest BCUT2D eigenvalue weighted by molar-refractivity contribution is -0.131. The summed E-state index contributed by atoms with van der Waals surface area (Å²) in [6.07, 6.45) is 0.680. The fourth-order valence-corrected chi connectivity index (χ4v) is 4.26. The molecule has 1 saturated heterocycles. The summed E-state index contributed by atoms with van der Waals surface area (Å²) in [7, 11) is 1.64. The molecule has 0 saturated carbocycles. The Morgan fingerprint density at radius 1 is 1.03 bits per heavy atom. The maximum atomic E-state index is 13.2. The summed E-state index contributed by atoms with van der Waals surface area (Å²) >= 11 is 0. The van der Waals surface area contributed by atoms with Crippen LogP contribution in [0.25, 0.3) is 11.1 Å². The average Bonchev–Trinajstić information content (AvgIpc) is 3.02. The first-order chi connectivity index (χ1) is 16.0. The molecule has 4 rings (SSSR count). The van der Waals surface area contributed by atoms with Crippen LogP contribution in [-0.4, -0.2) is 43.5 Å². The number of para-hydroxylation sites is 1. The van der Waals surface area contributed by atoms with Crippen molar-refractivity contribution in [1.82, 2.24) is 10.2 Å². The van der Waals surface area contributed by atoms with Gasteiger partial charge in [-0.05, 0) is 41.3 Å². The minimum absolute atomic E-state index is 0.0538. The van der Waals surface area contributed by atoms with E-state index in [2.05, 4.69) is 5.32 Å². The number of rotatable bonds is 6. The molecule has 170 valence electrons. The molecule has 1 aliphatic heterocycles. The summed E-state index contributed by atoms with van der Waals surface area (Å²) in [5, 5.41) is 2.95. The van der Waals surface area contributed by atoms with Crippen molar-refractivity contribution in [1.29, 1.82) is 0 Å². The van der Waals surface area contributed by atoms with Crippen LogP contribution in [0.15, 0.2) is 72.8 Å². The van der Waals surface area contributed by atoms with Crippen LogP contribution in [0.4, 0.5) is 4.39 Å². The van der Waals surface area contributed by atoms with Gasteiger partial charge in [0.2, 0.25) is 11.8 Å². The van der Waals surface area contributed by atoms with E-state index in [1.807, 2.05) is 48.5 Å². The van der Waals surface area contributed by atoms with Gasteiger partial charge >= 0.3 is 0 Å². The molecule has 0 spiro atoms. The molecule has 5 nitrogen and oxygen atoms in total. The van der Waals surface area contributed by atoms with Gasteiger partial charge in [0, 0.05) is 25.2 Å². The summed E-state index contributed by atoms with van der Waals surface area (Å²) in [6, 6.07) is 21.7. The van der Waals surface area contributed by atoms with E-state index in [0.29, 0.717) is 26.1 Å². The van der Waals surface area contributed by atoms with Gasteiger partial charge in [-0.2, -0.15) is 0 Å². The van der Waals surface area contributed by atoms with E-state index in [9.17, 15) is 14.0 Å². The van der Waals surface area contributed by atoms with Gasteiger partial charge in [0.15, 0.2) is 0 Å². The molecule has 1 aliphatic rings. The first-order valence-corrected chi connectivity index (χ1v) is 11.1. The molecule has 0 radical (unpaired) electrons. The van der Waals surface area contributed by atoms with Crippen LogP contribution in [0.5, 0.6) is 5.75 Å². The van der Waals surface area contributed by atoms with Crippen LogP contribution in [0, 0.1) is 11.7 Å². The molecule has 2 amide bonds. The second kappa shape index (κ2) is 10.3. The molecule has 33 heavy (non-hydrogen) atoms. The maximum Gasteiger partial charge on any atom is 0.227 e. The first kappa shape index (κ1) is 22.5. The third-order valence-corrected chi connectivity index (χ3v) is 5.99. The van der Waals surface area contributed by atoms with E-state index in [1.54, 1.807) is 24.1 Å². The Bertz CT molecular complexity index is 1130. The fourth-order valence-electron chi connectivity index (χ4n) is 4.26. The van der Waals surface area contributed by atoms with Gasteiger partial charge in [-0.1, -0.05) is 54.6 Å². The summed E-state index contributed by atoms with van der Waals surface area (Å²) in [5.41, 5.74) is 3.75. The molecule has 1 N–H and O–H groups in total. The Kier molecular flexibility index (Phi) is 7.03. The highest BCUT2D eigenvalue weighted by Gasteiger charge is 2.28. The predicted molar refractivity (Wildman–Crippen MR) is 125 cm³/mol. The summed E-state index contributed by atoms with van der Waals surface area (Å²) in [6.45, 7) is 1.21. The average molecular weight is 447 g/mol. The predicted octanol–water partition coefficient (Wildman–Crippen LogP) is 3.86. The first-order valence-electron chi connectivity index (χ1n) is 11.1. The third kappa shape index (κ3) is 5.40. The number of benzene rings is 3. The molecule has 3 aromatic rings. The van der Waals surface area contributed by atoms with Gasteiger partial charge < -0.3 is 15.0 Å². The zero-order chi connectivity index (χ0) is 23.2. The SMILES string of the molecule is COc1ccccc1-c1ccccc1CC1CN(C(=O)Cc2ccc(F)cc2)CCNC1=O. The monoisotopic (exact) mass is 446 g/mol. The van der Waals surface area contributed by atoms with Crippen molar-refractivity contribution < 1.29 is 18.7 Å². The standard InChI is InChI=1S/C27H27FN2O3/c1-33-25-9-5-4-8-24(25)23-7-3-2-6-20(23)17-21-18-30(15-14-29-27(21)32)26(31)16-19-10-12-22(28)13-11-19/h2-13,21H,14-18H2,1H3,(H,29,32). The molecule has 1 atom stereocenters. The van der Waals surface area contributed by atoms with Crippen molar-refractivity contribution in [2.45, 2.75) is 12.8 Å². The van der Waals surface area contributed by atoms with Crippen LogP contribution in [0.1, 0.15) is 11.1 Å². The Balaban J connectivity index is 1.54. The number of ether oxygens (including phenoxy) is 1. The highest BCUT2D eigenvalue weighted by atomic mass is 19.1. The fraction of sp³-hybridized carbons (Fsp3) is 0.259. The van der Waals surface area contributed by atoms with Crippen molar-refractivity contribution in [3.05, 3.63) is 89.7 Å². The zero-order valence-electron chi connectivity index (χ0n) is 18.6. The zero-order valence-corrected chi connectivity index (χ0v) is 18.6. The lowest BCUT2D eigenvalue weighted by atomic mass is 9.91. The van der Waals surface area contributed by atoms with Crippen molar-refractivity contribution in [2.24, 2.45) is 5.92 Å². The van der Waals surface area contributed by atoms with Gasteiger partial charge in [-0.3, -0.25) is 9.59 Å². The van der Waals surface area contributed by atoms with Gasteiger partial charge in [0.25, 0.3) is 0 Å². The second-order valence-electron chi connectivity index (χ2n) is 8.19. The molecule has 1 fully saturated rings. The maximum absolute atomic E-state index is 13.2. The van der Waals surface area contributed by atoms with E-state index in [1.165, 1.54) is 12.1 Å². The normalized spacial score (nSPS) is 16.1. The third-order valence-electron chi connectivity index (χ3n) is 5.99. The number of methoxy groups -OCH3 is 1. The van der Waals surface area contributed by atoms with Crippen LogP contribution in [0.3, 0.4) is 0 Å². The number of hydrogen-bond donors (Lipinski definition) is 1. The minimum atomic E-state index is -0.375. The lowest BCUT2D eigenvalue weighted by Gasteiger charge is -2.24. The number of nitrogens with one attached hydrogen (secondary N) is 1. The number of carbonyl (C=O) groups is 2. The second-order valence-corrected chi connectivity index (χ2v) is 8.19. The van der Waals surface area contributed by atoms with Crippen LogP contribution in [-0.2, 0) is 22.4 Å². The van der Waals surface area contributed by atoms with E-state index in [0.717, 1.165) is 28.0 Å². The molecule has 0 bridgehead atoms. The molecule has 1 heterocycles. The molecular weight excluding hydrogens is 419 g/mol. The van der Waals surface area contributed by atoms with Crippen molar-refractivity contribution in [3.63, 3.8) is 0 Å². The minimum Gasteiger partial charge on any atom is -0.496 e. The quantitative estimate of drug-likeness (QED) is 0.626. The largest absolute Gasteiger partial charge is 0.496 e. The van der Waals surface area contributed by atoms with Crippen LogP contribution < -0.4 is 10.1 Å². The molecular formula is C27H27FN2O3. The number of nitrogens with zero attached hydrogens (tertiary/aromatic N) is 1. The number of halogens is 1. The van der Waals surface area contributed by atoms with E-state index in [4.69, 9.17) is 4.74 Å². The smallest absolute Gasteiger partial charge is 0.227 e. The van der Waals surface area contributed by atoms with Crippen molar-refractivity contribution >= 4 is 11.8 Å². The molecule has 0 aromatic heterocycles. The Labute approximate surface area is 193 Å². The van der Waals surface area contributed by atoms with Gasteiger partial charge in [0.1, 0.15) is 11.6 Å². The van der Waals surface area contributed by atoms with E-state index >= 15 is 0 Å². The molecule has 0 aliphatic carbocycles. The Hall–Kier alpha value is -3.67. The van der Waals surface area contributed by atoms with Gasteiger partial charge in [-0.15, -0.1) is 0 Å². The molecule has 3 aromatic carbocycles. The van der Waals surface area contributed by atoms with Crippen molar-refractivity contribution in [3.8, 4) is 16.9 Å². The van der Waals surface area contributed by atoms with Crippen LogP contribution in [0.2, 0.25) is 0 Å². The number of carbonyl (C=O) groups excluding carboxylic acids is 2. The van der Waals surface area contributed by atoms with Crippen molar-refractivity contribution in [2.75, 3.05) is 26.7 Å². The summed E-state index contributed by atoms with van der Waals surface area (Å²) in [4.78, 5) is 27.5. The number of hydrogen-bond acceptors (Lipinski definition) is 3. The lowest BCUT2D eigenvalue weighted by Crippen LogP contribution is -2.38. The molecule has 1 unspecified atom stereocenters. The molecule has 6 heteroatoms. The van der Waals surface area contributed by atoms with E-state index in [-0.39, 0.29) is 30.0 Å². The summed E-state index contributed by atoms with van der Waals surface area (Å²) < 4.78 is 18.7. The number of amides is 2. The van der Waals surface area contributed by atoms with Crippen LogP contribution >= 0.6 is 0 Å². The van der Waals surface area contributed by atoms with Gasteiger partial charge in [0.05, 0.1) is 19.4 Å². The summed E-state index contributed by atoms with van der Waals surface area (Å²) in [5.74, 6) is -0.0560. The highest BCUT2D eigenvalue weighted by Crippen LogP contribution is 2.33. The van der Waals surface area contributed by atoms with Gasteiger partial charge in [-0.25, -0.2) is 4.39 Å². The Morgan fingerprint density at radius 3 is 2.48 bits per heavy atom. The van der Waals surface area contributed by atoms with E-state index < -0.39 is 0 Å². The topological polar surface area (TPSA) is 58.6 Å². The highest BCUT2D eigenvalue weighted by molar-refractivity contribution is 5.83. The Morgan fingerprint density at radius 2 is 1.73 bits per heavy atom.